The number of rotatable bonds is 4. The number of ketones is 1. The highest BCUT2D eigenvalue weighted by atomic mass is 79.9. The summed E-state index contributed by atoms with van der Waals surface area (Å²) in [6.45, 7) is 0. The van der Waals surface area contributed by atoms with Gasteiger partial charge in [0.2, 0.25) is 0 Å². The van der Waals surface area contributed by atoms with Crippen molar-refractivity contribution in [3.8, 4) is 5.75 Å². The van der Waals surface area contributed by atoms with E-state index in [0.717, 1.165) is 15.8 Å². The van der Waals surface area contributed by atoms with Gasteiger partial charge < -0.3 is 4.74 Å². The van der Waals surface area contributed by atoms with Gasteiger partial charge in [-0.2, -0.15) is 0 Å². The molecule has 0 N–H and O–H groups in total. The molecule has 0 aliphatic heterocycles. The number of halogens is 3. The Morgan fingerprint density at radius 1 is 1.10 bits per heavy atom. The maximum absolute atomic E-state index is 12.6. The highest BCUT2D eigenvalue weighted by Crippen LogP contribution is 2.35. The molecule has 104 valence electrons. The summed E-state index contributed by atoms with van der Waals surface area (Å²) in [4.78, 5) is 12.6. The Hall–Kier alpha value is -0.650. The highest BCUT2D eigenvalue weighted by Gasteiger charge is 2.18. The Balaban J connectivity index is 2.46. The molecule has 20 heavy (non-hydrogen) atoms. The predicted octanol–water partition coefficient (Wildman–Crippen LogP) is 5.48. The first kappa shape index (κ1) is 15.7. The van der Waals surface area contributed by atoms with Crippen LogP contribution in [0.5, 0.6) is 5.75 Å². The average Bonchev–Trinajstić information content (AvgIpc) is 2.46. The quantitative estimate of drug-likeness (QED) is 0.444. The molecule has 2 aromatic carbocycles. The summed E-state index contributed by atoms with van der Waals surface area (Å²) in [6, 6.07) is 12.7. The van der Waals surface area contributed by atoms with Crippen LogP contribution < -0.4 is 4.74 Å². The van der Waals surface area contributed by atoms with Gasteiger partial charge >= 0.3 is 0 Å². The lowest BCUT2D eigenvalue weighted by Crippen LogP contribution is -2.05. The minimum absolute atomic E-state index is 0.0148. The molecule has 0 spiro atoms. The second-order valence-electron chi connectivity index (χ2n) is 4.09. The van der Waals surface area contributed by atoms with E-state index in [0.29, 0.717) is 11.1 Å². The lowest BCUT2D eigenvalue weighted by Gasteiger charge is -2.12. The normalized spacial score (nSPS) is 10.7. The molecule has 0 bridgehead atoms. The Kier molecular flexibility index (Phi) is 5.41. The van der Waals surface area contributed by atoms with E-state index in [2.05, 4.69) is 47.8 Å². The van der Waals surface area contributed by atoms with Gasteiger partial charge in [-0.15, -0.1) is 0 Å². The minimum atomic E-state index is -0.112. The number of hydrogen-bond donors (Lipinski definition) is 0. The monoisotopic (exact) mass is 460 g/mol. The molecular weight excluding hydrogens is 452 g/mol. The second-order valence-corrected chi connectivity index (χ2v) is 8.07. The van der Waals surface area contributed by atoms with Crippen molar-refractivity contribution in [3.63, 3.8) is 0 Å². The van der Waals surface area contributed by atoms with Crippen LogP contribution >= 0.6 is 47.8 Å². The molecule has 0 aromatic heterocycles. The largest absolute Gasteiger partial charge is 0.497 e. The van der Waals surface area contributed by atoms with E-state index in [1.165, 1.54) is 0 Å². The van der Waals surface area contributed by atoms with E-state index < -0.39 is 0 Å². The van der Waals surface area contributed by atoms with Crippen molar-refractivity contribution >= 4 is 53.6 Å². The van der Waals surface area contributed by atoms with Crippen molar-refractivity contribution in [1.29, 1.82) is 0 Å². The summed E-state index contributed by atoms with van der Waals surface area (Å²) in [5.41, 5.74) is 2.14. The Morgan fingerprint density at radius 3 is 2.30 bits per heavy atom. The van der Waals surface area contributed by atoms with Crippen LogP contribution in [0, 0.1) is 0 Å². The third-order valence-corrected chi connectivity index (χ3v) is 4.36. The zero-order valence-electron chi connectivity index (χ0n) is 10.6. The zero-order chi connectivity index (χ0) is 14.7. The van der Waals surface area contributed by atoms with Crippen LogP contribution in [-0.2, 0) is 0 Å². The summed E-state index contributed by atoms with van der Waals surface area (Å²) in [5, 5.41) is 0. The van der Waals surface area contributed by atoms with Crippen molar-refractivity contribution < 1.29 is 9.53 Å². The first-order valence-corrected chi connectivity index (χ1v) is 8.41. The molecule has 0 amide bonds. The fourth-order valence-corrected chi connectivity index (χ4v) is 2.83. The van der Waals surface area contributed by atoms with E-state index in [1.54, 1.807) is 31.4 Å². The van der Waals surface area contributed by atoms with E-state index in [1.807, 2.05) is 18.2 Å². The molecule has 0 saturated heterocycles. The van der Waals surface area contributed by atoms with Crippen LogP contribution in [0.15, 0.2) is 46.9 Å². The number of benzene rings is 2. The molecule has 5 heteroatoms. The van der Waals surface area contributed by atoms with Crippen molar-refractivity contribution in [2.75, 3.05) is 7.11 Å². The summed E-state index contributed by atoms with van der Waals surface area (Å²) in [5.74, 6) is 0.704. The fraction of sp³-hybridized carbons (Fsp3) is 0.133. The molecule has 2 rings (SSSR count). The van der Waals surface area contributed by atoms with Crippen molar-refractivity contribution in [2.24, 2.45) is 0 Å². The fourth-order valence-electron chi connectivity index (χ4n) is 1.81. The number of hydrogen-bond acceptors (Lipinski definition) is 2. The molecule has 0 unspecified atom stereocenters. The summed E-state index contributed by atoms with van der Waals surface area (Å²) in [6.07, 6.45) is 0. The van der Waals surface area contributed by atoms with Gasteiger partial charge in [-0.3, -0.25) is 4.79 Å². The van der Waals surface area contributed by atoms with Crippen LogP contribution in [0.2, 0.25) is 0 Å². The van der Waals surface area contributed by atoms with Gasteiger partial charge in [-0.25, -0.2) is 0 Å². The molecule has 0 atom stereocenters. The molecule has 0 heterocycles. The topological polar surface area (TPSA) is 26.3 Å². The molecular formula is C15H11Br3O2. The molecule has 0 fully saturated rings. The summed E-state index contributed by atoms with van der Waals surface area (Å²) >= 11 is 10.3. The third-order valence-electron chi connectivity index (χ3n) is 2.84. The highest BCUT2D eigenvalue weighted by molar-refractivity contribution is 9.24. The summed E-state index contributed by atoms with van der Waals surface area (Å²) < 4.78 is 6.04. The van der Waals surface area contributed by atoms with Crippen LogP contribution in [0.1, 0.15) is 25.2 Å². The number of methoxy groups -OCH3 is 1. The number of alkyl halides is 2. The van der Waals surface area contributed by atoms with Crippen LogP contribution in [0.3, 0.4) is 0 Å². The van der Waals surface area contributed by atoms with E-state index in [4.69, 9.17) is 4.74 Å². The number of carbonyl (C=O) groups excluding carboxylic acids is 1. The van der Waals surface area contributed by atoms with Gasteiger partial charge in [0.25, 0.3) is 0 Å². The van der Waals surface area contributed by atoms with Crippen LogP contribution in [0.4, 0.5) is 0 Å². The molecule has 0 aliphatic carbocycles. The van der Waals surface area contributed by atoms with Crippen molar-refractivity contribution in [1.82, 2.24) is 0 Å². The number of carbonyl (C=O) groups is 1. The van der Waals surface area contributed by atoms with E-state index in [9.17, 15) is 4.79 Å². The Bertz CT molecular complexity index is 622. The zero-order valence-corrected chi connectivity index (χ0v) is 15.3. The smallest absolute Gasteiger partial charge is 0.193 e. The van der Waals surface area contributed by atoms with E-state index in [-0.39, 0.29) is 9.52 Å². The molecule has 2 nitrogen and oxygen atoms in total. The molecule has 0 saturated carbocycles. The summed E-state index contributed by atoms with van der Waals surface area (Å²) in [7, 11) is 1.60. The van der Waals surface area contributed by atoms with Crippen LogP contribution in [0.25, 0.3) is 0 Å². The molecule has 2 aromatic rings. The van der Waals surface area contributed by atoms with E-state index >= 15 is 0 Å². The van der Waals surface area contributed by atoms with Gasteiger partial charge in [0, 0.05) is 15.6 Å². The molecule has 0 aliphatic rings. The lowest BCUT2D eigenvalue weighted by atomic mass is 9.99. The maximum atomic E-state index is 12.6. The lowest BCUT2D eigenvalue weighted by molar-refractivity contribution is 0.103. The Morgan fingerprint density at radius 2 is 1.75 bits per heavy atom. The average molecular weight is 463 g/mol. The molecule has 0 radical (unpaired) electrons. The SMILES string of the molecule is COc1ccc(C(=O)c2ccc(Br)cc2)c(C(Br)Br)c1. The van der Waals surface area contributed by atoms with Gasteiger partial charge in [0.15, 0.2) is 5.78 Å². The Labute approximate surface area is 142 Å². The first-order chi connectivity index (χ1) is 9.52. The van der Waals surface area contributed by atoms with Crippen molar-refractivity contribution in [3.05, 3.63) is 63.6 Å². The van der Waals surface area contributed by atoms with Crippen LogP contribution in [-0.4, -0.2) is 12.9 Å². The second kappa shape index (κ2) is 6.87. The van der Waals surface area contributed by atoms with Gasteiger partial charge in [0.1, 0.15) is 5.75 Å². The van der Waals surface area contributed by atoms with Gasteiger partial charge in [0.05, 0.1) is 10.8 Å². The number of ether oxygens (including phenoxy) is 1. The standard InChI is InChI=1S/C15H11Br3O2/c1-20-11-6-7-12(13(8-11)15(17)18)14(19)9-2-4-10(16)5-3-9/h2-8,15H,1H3. The minimum Gasteiger partial charge on any atom is -0.497 e. The first-order valence-electron chi connectivity index (χ1n) is 5.79. The van der Waals surface area contributed by atoms with Crippen molar-refractivity contribution in [2.45, 2.75) is 3.74 Å². The van der Waals surface area contributed by atoms with Gasteiger partial charge in [-0.05, 0) is 48.0 Å². The predicted molar refractivity (Wildman–Crippen MR) is 91.2 cm³/mol. The van der Waals surface area contributed by atoms with Gasteiger partial charge in [-0.1, -0.05) is 47.8 Å². The third kappa shape index (κ3) is 3.51. The maximum Gasteiger partial charge on any atom is 0.193 e.